The first-order chi connectivity index (χ1) is 9.42. The van der Waals surface area contributed by atoms with Gasteiger partial charge in [0.2, 0.25) is 0 Å². The van der Waals surface area contributed by atoms with Gasteiger partial charge in [0.25, 0.3) is 0 Å². The minimum atomic E-state index is -0.924. The van der Waals surface area contributed by atoms with Crippen LogP contribution in [0.25, 0.3) is 0 Å². The van der Waals surface area contributed by atoms with E-state index in [1.807, 2.05) is 0 Å². The van der Waals surface area contributed by atoms with E-state index in [0.717, 1.165) is 19.4 Å². The Morgan fingerprint density at radius 3 is 2.35 bits per heavy atom. The van der Waals surface area contributed by atoms with E-state index < -0.39 is 5.97 Å². The van der Waals surface area contributed by atoms with E-state index in [9.17, 15) is 9.90 Å². The maximum Gasteiger partial charge on any atom is 0.337 e. The highest BCUT2D eigenvalue weighted by atomic mass is 16.4. The molecule has 112 valence electrons. The fraction of sp³-hybridized carbons (Fsp3) is 0.562. The van der Waals surface area contributed by atoms with Crippen molar-refractivity contribution in [2.24, 2.45) is 5.92 Å². The molecule has 0 saturated heterocycles. The van der Waals surface area contributed by atoms with Crippen LogP contribution in [0, 0.1) is 5.92 Å². The number of anilines is 2. The van der Waals surface area contributed by atoms with Gasteiger partial charge in [0.05, 0.1) is 16.9 Å². The first kappa shape index (κ1) is 16.3. The molecule has 1 rings (SSSR count). The largest absolute Gasteiger partial charge is 0.478 e. The Bertz CT molecular complexity index is 454. The molecule has 0 amide bonds. The van der Waals surface area contributed by atoms with Crippen LogP contribution in [0.5, 0.6) is 0 Å². The number of para-hydroxylation sites is 1. The summed E-state index contributed by atoms with van der Waals surface area (Å²) in [7, 11) is 0. The molecule has 0 aromatic heterocycles. The number of rotatable bonds is 7. The van der Waals surface area contributed by atoms with Gasteiger partial charge in [0.15, 0.2) is 0 Å². The Balaban J connectivity index is 3.35. The lowest BCUT2D eigenvalue weighted by Crippen LogP contribution is -2.38. The summed E-state index contributed by atoms with van der Waals surface area (Å²) in [6.07, 6.45) is 1.94. The smallest absolute Gasteiger partial charge is 0.337 e. The van der Waals surface area contributed by atoms with Gasteiger partial charge in [0.1, 0.15) is 0 Å². The summed E-state index contributed by atoms with van der Waals surface area (Å²) >= 11 is 0. The summed E-state index contributed by atoms with van der Waals surface area (Å²) in [4.78, 5) is 13.7. The number of nitrogens with two attached hydrogens (primary N) is 1. The van der Waals surface area contributed by atoms with Crippen molar-refractivity contribution in [2.45, 2.75) is 46.6 Å². The average molecular weight is 278 g/mol. The number of carboxylic acids is 1. The lowest BCUT2D eigenvalue weighted by molar-refractivity contribution is 0.0697. The number of carboxylic acid groups (broad SMARTS) is 1. The molecule has 0 aliphatic heterocycles. The fourth-order valence-electron chi connectivity index (χ4n) is 2.60. The van der Waals surface area contributed by atoms with Crippen LogP contribution < -0.4 is 10.6 Å². The molecular formula is C16H26N2O2. The first-order valence-corrected chi connectivity index (χ1v) is 7.30. The number of hydrogen-bond donors (Lipinski definition) is 2. The Labute approximate surface area is 121 Å². The SMILES string of the molecule is CCC(CC)N(CC(C)C)c1c(N)cccc1C(=O)O. The second-order valence-corrected chi connectivity index (χ2v) is 5.57. The molecule has 1 aromatic carbocycles. The number of carbonyl (C=O) groups is 1. The highest BCUT2D eigenvalue weighted by Crippen LogP contribution is 2.32. The van der Waals surface area contributed by atoms with Crippen LogP contribution in [0.1, 0.15) is 50.9 Å². The molecule has 20 heavy (non-hydrogen) atoms. The predicted molar refractivity (Wildman–Crippen MR) is 84.4 cm³/mol. The van der Waals surface area contributed by atoms with Crippen molar-refractivity contribution in [2.75, 3.05) is 17.2 Å². The second-order valence-electron chi connectivity index (χ2n) is 5.57. The van der Waals surface area contributed by atoms with E-state index in [1.54, 1.807) is 18.2 Å². The van der Waals surface area contributed by atoms with Crippen molar-refractivity contribution in [3.8, 4) is 0 Å². The predicted octanol–water partition coefficient (Wildman–Crippen LogP) is 3.62. The van der Waals surface area contributed by atoms with Crippen LogP contribution in [0.15, 0.2) is 18.2 Å². The number of aromatic carboxylic acids is 1. The number of nitrogens with zero attached hydrogens (tertiary/aromatic N) is 1. The van der Waals surface area contributed by atoms with Gasteiger partial charge in [0, 0.05) is 12.6 Å². The van der Waals surface area contributed by atoms with Gasteiger partial charge in [-0.05, 0) is 30.9 Å². The maximum atomic E-state index is 11.5. The van der Waals surface area contributed by atoms with Crippen molar-refractivity contribution in [3.05, 3.63) is 23.8 Å². The topological polar surface area (TPSA) is 66.6 Å². The van der Waals surface area contributed by atoms with Crippen molar-refractivity contribution < 1.29 is 9.90 Å². The Hall–Kier alpha value is -1.71. The van der Waals surface area contributed by atoms with Crippen LogP contribution in [-0.4, -0.2) is 23.7 Å². The fourth-order valence-corrected chi connectivity index (χ4v) is 2.60. The first-order valence-electron chi connectivity index (χ1n) is 7.30. The van der Waals surface area contributed by atoms with Gasteiger partial charge in [-0.3, -0.25) is 0 Å². The molecule has 0 radical (unpaired) electrons. The second kappa shape index (κ2) is 7.17. The number of hydrogen-bond acceptors (Lipinski definition) is 3. The van der Waals surface area contributed by atoms with Gasteiger partial charge in [-0.2, -0.15) is 0 Å². The molecule has 0 saturated carbocycles. The van der Waals surface area contributed by atoms with Crippen molar-refractivity contribution in [1.29, 1.82) is 0 Å². The van der Waals surface area contributed by atoms with Gasteiger partial charge in [-0.15, -0.1) is 0 Å². The van der Waals surface area contributed by atoms with E-state index in [0.29, 0.717) is 23.3 Å². The maximum absolute atomic E-state index is 11.5. The monoisotopic (exact) mass is 278 g/mol. The lowest BCUT2D eigenvalue weighted by atomic mass is 10.0. The number of benzene rings is 1. The zero-order valence-electron chi connectivity index (χ0n) is 12.9. The number of nitrogen functional groups attached to an aromatic ring is 1. The molecule has 0 fully saturated rings. The van der Waals surface area contributed by atoms with Crippen molar-refractivity contribution in [3.63, 3.8) is 0 Å². The third kappa shape index (κ3) is 3.65. The molecule has 4 heteroatoms. The molecule has 1 aromatic rings. The zero-order chi connectivity index (χ0) is 15.3. The van der Waals surface area contributed by atoms with Crippen LogP contribution in [0.3, 0.4) is 0 Å². The van der Waals surface area contributed by atoms with E-state index in [2.05, 4.69) is 32.6 Å². The summed E-state index contributed by atoms with van der Waals surface area (Å²) in [6, 6.07) is 5.41. The average Bonchev–Trinajstić information content (AvgIpc) is 2.38. The lowest BCUT2D eigenvalue weighted by Gasteiger charge is -2.35. The molecule has 3 N–H and O–H groups in total. The molecule has 0 atom stereocenters. The molecular weight excluding hydrogens is 252 g/mol. The van der Waals surface area contributed by atoms with Gasteiger partial charge in [-0.1, -0.05) is 33.8 Å². The Morgan fingerprint density at radius 1 is 1.30 bits per heavy atom. The highest BCUT2D eigenvalue weighted by Gasteiger charge is 2.24. The van der Waals surface area contributed by atoms with Crippen LogP contribution in [0.2, 0.25) is 0 Å². The Morgan fingerprint density at radius 2 is 1.90 bits per heavy atom. The van der Waals surface area contributed by atoms with Gasteiger partial charge >= 0.3 is 5.97 Å². The van der Waals surface area contributed by atoms with Crippen LogP contribution in [0.4, 0.5) is 11.4 Å². The summed E-state index contributed by atoms with van der Waals surface area (Å²) < 4.78 is 0. The quantitative estimate of drug-likeness (QED) is 0.748. The minimum Gasteiger partial charge on any atom is -0.478 e. The van der Waals surface area contributed by atoms with Crippen LogP contribution >= 0.6 is 0 Å². The summed E-state index contributed by atoms with van der Waals surface area (Å²) in [6.45, 7) is 9.33. The molecule has 0 aliphatic carbocycles. The normalized spacial score (nSPS) is 11.1. The van der Waals surface area contributed by atoms with Gasteiger partial charge in [-0.25, -0.2) is 4.79 Å². The van der Waals surface area contributed by atoms with E-state index in [1.165, 1.54) is 0 Å². The molecule has 0 aliphatic rings. The summed E-state index contributed by atoms with van der Waals surface area (Å²) in [5.41, 5.74) is 7.58. The molecule has 0 unspecified atom stereocenters. The molecule has 4 nitrogen and oxygen atoms in total. The van der Waals surface area contributed by atoms with Crippen LogP contribution in [-0.2, 0) is 0 Å². The standard InChI is InChI=1S/C16H26N2O2/c1-5-12(6-2)18(10-11(3)4)15-13(16(19)20)8-7-9-14(15)17/h7-9,11-12H,5-6,10,17H2,1-4H3,(H,19,20). The molecule has 0 bridgehead atoms. The minimum absolute atomic E-state index is 0.289. The summed E-state index contributed by atoms with van der Waals surface area (Å²) in [5.74, 6) is -0.483. The summed E-state index contributed by atoms with van der Waals surface area (Å²) in [5, 5.41) is 9.42. The third-order valence-electron chi connectivity index (χ3n) is 3.53. The van der Waals surface area contributed by atoms with E-state index in [-0.39, 0.29) is 5.56 Å². The van der Waals surface area contributed by atoms with Crippen molar-refractivity contribution >= 4 is 17.3 Å². The molecule has 0 heterocycles. The Kier molecular flexibility index (Phi) is 5.86. The van der Waals surface area contributed by atoms with Crippen molar-refractivity contribution in [1.82, 2.24) is 0 Å². The molecule has 0 spiro atoms. The van der Waals surface area contributed by atoms with E-state index in [4.69, 9.17) is 5.73 Å². The highest BCUT2D eigenvalue weighted by molar-refractivity contribution is 5.98. The van der Waals surface area contributed by atoms with Gasteiger partial charge < -0.3 is 15.7 Å². The zero-order valence-corrected chi connectivity index (χ0v) is 12.9. The third-order valence-corrected chi connectivity index (χ3v) is 3.53. The van der Waals surface area contributed by atoms with E-state index >= 15 is 0 Å².